The molecule has 0 aliphatic carbocycles. The van der Waals surface area contributed by atoms with Crippen LogP contribution in [0.3, 0.4) is 0 Å². The van der Waals surface area contributed by atoms with Crippen molar-refractivity contribution in [3.05, 3.63) is 34.9 Å². The van der Waals surface area contributed by atoms with Gasteiger partial charge in [0.25, 0.3) is 0 Å². The molecule has 0 bridgehead atoms. The second kappa shape index (κ2) is 4.67. The van der Waals surface area contributed by atoms with E-state index in [1.54, 1.807) is 0 Å². The van der Waals surface area contributed by atoms with Gasteiger partial charge in [-0.3, -0.25) is 10.4 Å². The first kappa shape index (κ1) is 10.6. The summed E-state index contributed by atoms with van der Waals surface area (Å²) in [7, 11) is 0. The van der Waals surface area contributed by atoms with E-state index in [0.29, 0.717) is 5.71 Å². The number of aliphatic hydroxyl groups is 1. The van der Waals surface area contributed by atoms with Crippen molar-refractivity contribution in [2.24, 2.45) is 4.99 Å². The maximum atomic E-state index is 8.51. The molecule has 74 valence electrons. The minimum atomic E-state index is -0.271. The van der Waals surface area contributed by atoms with E-state index < -0.39 is 0 Å². The Morgan fingerprint density at radius 2 is 2.00 bits per heavy atom. The topological polar surface area (TPSA) is 56.4 Å². The molecule has 2 N–H and O–H groups in total. The molecule has 0 unspecified atom stereocenters. The lowest BCUT2D eigenvalue weighted by molar-refractivity contribution is 0.310. The van der Waals surface area contributed by atoms with Gasteiger partial charge in [-0.1, -0.05) is 18.2 Å². The zero-order chi connectivity index (χ0) is 10.6. The van der Waals surface area contributed by atoms with Crippen molar-refractivity contribution < 1.29 is 5.11 Å². The Morgan fingerprint density at radius 3 is 2.50 bits per heavy atom. The molecule has 0 heterocycles. The average molecular weight is 190 g/mol. The zero-order valence-electron chi connectivity index (χ0n) is 8.41. The number of hydrogen-bond donors (Lipinski definition) is 2. The molecule has 0 fully saturated rings. The highest BCUT2D eigenvalue weighted by Gasteiger charge is 2.05. The second-order valence-corrected chi connectivity index (χ2v) is 3.13. The fourth-order valence-electron chi connectivity index (χ4n) is 1.44. The van der Waals surface area contributed by atoms with E-state index in [-0.39, 0.29) is 6.73 Å². The van der Waals surface area contributed by atoms with Gasteiger partial charge < -0.3 is 5.11 Å². The molecule has 1 aromatic rings. The van der Waals surface area contributed by atoms with Crippen LogP contribution in [0, 0.1) is 19.3 Å². The van der Waals surface area contributed by atoms with Gasteiger partial charge >= 0.3 is 0 Å². The summed E-state index contributed by atoms with van der Waals surface area (Å²) in [6.07, 6.45) is 1.38. The lowest BCUT2D eigenvalue weighted by Gasteiger charge is -2.07. The number of benzene rings is 1. The number of hydrogen-bond acceptors (Lipinski definition) is 3. The molecule has 0 spiro atoms. The lowest BCUT2D eigenvalue weighted by Crippen LogP contribution is -2.06. The third-order valence-corrected chi connectivity index (χ3v) is 2.05. The molecule has 0 aromatic heterocycles. The van der Waals surface area contributed by atoms with Crippen LogP contribution in [0.1, 0.15) is 16.7 Å². The number of aliphatic imine (C=N–C) groups is 1. The summed E-state index contributed by atoms with van der Waals surface area (Å²) < 4.78 is 0. The van der Waals surface area contributed by atoms with Crippen molar-refractivity contribution in [2.45, 2.75) is 13.8 Å². The molecule has 0 aliphatic rings. The van der Waals surface area contributed by atoms with Crippen LogP contribution in [-0.4, -0.2) is 23.8 Å². The summed E-state index contributed by atoms with van der Waals surface area (Å²) in [6, 6.07) is 5.89. The molecule has 3 heteroatoms. The monoisotopic (exact) mass is 190 g/mol. The standard InChI is InChI=1S/C11H14N2O/c1-8-4-3-5-9(2)11(8)10(12)6-13-7-14/h3-6,12,14H,7H2,1-2H3. The van der Waals surface area contributed by atoms with E-state index in [2.05, 4.69) is 4.99 Å². The smallest absolute Gasteiger partial charge is 0.134 e. The van der Waals surface area contributed by atoms with E-state index in [1.165, 1.54) is 6.21 Å². The van der Waals surface area contributed by atoms with Gasteiger partial charge in [-0.05, 0) is 25.0 Å². The predicted octanol–water partition coefficient (Wildman–Crippen LogP) is 1.69. The molecular weight excluding hydrogens is 176 g/mol. The highest BCUT2D eigenvalue weighted by atomic mass is 16.3. The molecule has 1 rings (SSSR count). The Labute approximate surface area is 83.6 Å². The van der Waals surface area contributed by atoms with Gasteiger partial charge in [0.2, 0.25) is 0 Å². The Hall–Kier alpha value is -1.48. The molecule has 0 aliphatic heterocycles. The van der Waals surface area contributed by atoms with Crippen LogP contribution in [0.25, 0.3) is 0 Å². The van der Waals surface area contributed by atoms with Gasteiger partial charge in [0.1, 0.15) is 6.73 Å². The quantitative estimate of drug-likeness (QED) is 0.700. The summed E-state index contributed by atoms with van der Waals surface area (Å²) >= 11 is 0. The van der Waals surface area contributed by atoms with Crippen molar-refractivity contribution in [3.8, 4) is 0 Å². The average Bonchev–Trinajstić information content (AvgIpc) is 2.14. The third kappa shape index (κ3) is 2.26. The normalized spacial score (nSPS) is 10.8. The Balaban J connectivity index is 3.06. The number of aryl methyl sites for hydroxylation is 2. The fraction of sp³-hybridized carbons (Fsp3) is 0.273. The zero-order valence-corrected chi connectivity index (χ0v) is 8.41. The maximum Gasteiger partial charge on any atom is 0.134 e. The molecule has 0 saturated heterocycles. The van der Waals surface area contributed by atoms with E-state index >= 15 is 0 Å². The number of nitrogens with one attached hydrogen (secondary N) is 1. The first-order valence-corrected chi connectivity index (χ1v) is 4.42. The van der Waals surface area contributed by atoms with Crippen LogP contribution in [0.4, 0.5) is 0 Å². The highest BCUT2D eigenvalue weighted by Crippen LogP contribution is 2.12. The van der Waals surface area contributed by atoms with Gasteiger partial charge in [-0.2, -0.15) is 0 Å². The molecule has 0 saturated carbocycles. The first-order chi connectivity index (χ1) is 6.66. The van der Waals surface area contributed by atoms with E-state index in [4.69, 9.17) is 10.5 Å². The summed E-state index contributed by atoms with van der Waals surface area (Å²) in [4.78, 5) is 3.64. The van der Waals surface area contributed by atoms with Gasteiger partial charge in [0, 0.05) is 11.8 Å². The van der Waals surface area contributed by atoms with Gasteiger partial charge in [0.15, 0.2) is 0 Å². The molecule has 3 nitrogen and oxygen atoms in total. The minimum Gasteiger partial charge on any atom is -0.375 e. The van der Waals surface area contributed by atoms with Gasteiger partial charge in [-0.25, -0.2) is 0 Å². The predicted molar refractivity (Wildman–Crippen MR) is 58.3 cm³/mol. The highest BCUT2D eigenvalue weighted by molar-refractivity contribution is 6.37. The van der Waals surface area contributed by atoms with Crippen molar-refractivity contribution in [2.75, 3.05) is 6.73 Å². The number of nitrogens with zero attached hydrogens (tertiary/aromatic N) is 1. The van der Waals surface area contributed by atoms with Gasteiger partial charge in [0.05, 0.1) is 5.71 Å². The summed E-state index contributed by atoms with van der Waals surface area (Å²) in [6.45, 7) is 3.65. The van der Waals surface area contributed by atoms with Crippen LogP contribution >= 0.6 is 0 Å². The van der Waals surface area contributed by atoms with Crippen LogP contribution in [0.5, 0.6) is 0 Å². The largest absolute Gasteiger partial charge is 0.375 e. The second-order valence-electron chi connectivity index (χ2n) is 3.13. The number of rotatable bonds is 3. The Morgan fingerprint density at radius 1 is 1.43 bits per heavy atom. The molecule has 0 radical (unpaired) electrons. The van der Waals surface area contributed by atoms with Crippen LogP contribution in [-0.2, 0) is 0 Å². The van der Waals surface area contributed by atoms with Crippen molar-refractivity contribution in [1.29, 1.82) is 5.41 Å². The fourth-order valence-corrected chi connectivity index (χ4v) is 1.44. The van der Waals surface area contributed by atoms with Crippen molar-refractivity contribution in [3.63, 3.8) is 0 Å². The molecule has 0 atom stereocenters. The van der Waals surface area contributed by atoms with Crippen molar-refractivity contribution in [1.82, 2.24) is 0 Å². The molecule has 0 amide bonds. The summed E-state index contributed by atoms with van der Waals surface area (Å²) in [5, 5.41) is 16.3. The minimum absolute atomic E-state index is 0.271. The van der Waals surface area contributed by atoms with Crippen LogP contribution in [0.15, 0.2) is 23.2 Å². The molecular formula is C11H14N2O. The van der Waals surface area contributed by atoms with Crippen LogP contribution < -0.4 is 0 Å². The molecule has 14 heavy (non-hydrogen) atoms. The van der Waals surface area contributed by atoms with Gasteiger partial charge in [-0.15, -0.1) is 0 Å². The first-order valence-electron chi connectivity index (χ1n) is 4.42. The lowest BCUT2D eigenvalue weighted by atomic mass is 9.99. The van der Waals surface area contributed by atoms with Crippen molar-refractivity contribution >= 4 is 11.9 Å². The van der Waals surface area contributed by atoms with E-state index in [0.717, 1.165) is 16.7 Å². The Kier molecular flexibility index (Phi) is 3.54. The SMILES string of the molecule is Cc1cccc(C)c1C(=N)C=NCO. The third-order valence-electron chi connectivity index (χ3n) is 2.05. The summed E-state index contributed by atoms with van der Waals surface area (Å²) in [5.74, 6) is 0. The van der Waals surface area contributed by atoms with Crippen LogP contribution in [0.2, 0.25) is 0 Å². The van der Waals surface area contributed by atoms with E-state index in [9.17, 15) is 0 Å². The maximum absolute atomic E-state index is 8.51. The summed E-state index contributed by atoms with van der Waals surface area (Å²) in [5.41, 5.74) is 3.35. The van der Waals surface area contributed by atoms with E-state index in [1.807, 2.05) is 32.0 Å². The Bertz CT molecular complexity index is 349. The molecule has 1 aromatic carbocycles. The number of aliphatic hydroxyl groups excluding tert-OH is 1.